The van der Waals surface area contributed by atoms with E-state index >= 15 is 0 Å². The van der Waals surface area contributed by atoms with E-state index in [1.165, 1.54) is 12.8 Å². The van der Waals surface area contributed by atoms with Gasteiger partial charge in [-0.1, -0.05) is 25.9 Å². The van der Waals surface area contributed by atoms with Crippen molar-refractivity contribution >= 4 is 5.71 Å². The van der Waals surface area contributed by atoms with Gasteiger partial charge in [-0.25, -0.2) is 0 Å². The SMILES string of the molecule is CC1(C)C2CC[C@]1(C)/C(=N/O)C2. The van der Waals surface area contributed by atoms with Crippen molar-refractivity contribution in [1.82, 2.24) is 0 Å². The Morgan fingerprint density at radius 3 is 2.33 bits per heavy atom. The van der Waals surface area contributed by atoms with Crippen molar-refractivity contribution in [2.45, 2.75) is 40.0 Å². The third kappa shape index (κ3) is 0.644. The Morgan fingerprint density at radius 2 is 2.08 bits per heavy atom. The molecule has 0 aromatic heterocycles. The van der Waals surface area contributed by atoms with Gasteiger partial charge in [0.25, 0.3) is 0 Å². The number of oxime groups is 1. The Labute approximate surface area is 73.7 Å². The molecule has 12 heavy (non-hydrogen) atoms. The van der Waals surface area contributed by atoms with Crippen LogP contribution < -0.4 is 0 Å². The summed E-state index contributed by atoms with van der Waals surface area (Å²) < 4.78 is 0. The van der Waals surface area contributed by atoms with Crippen LogP contribution in [0.5, 0.6) is 0 Å². The first-order valence-electron chi connectivity index (χ1n) is 4.74. The van der Waals surface area contributed by atoms with Crippen molar-refractivity contribution in [3.05, 3.63) is 0 Å². The zero-order valence-electron chi connectivity index (χ0n) is 8.09. The van der Waals surface area contributed by atoms with Gasteiger partial charge in [-0.05, 0) is 30.6 Å². The van der Waals surface area contributed by atoms with Gasteiger partial charge in [0, 0.05) is 5.41 Å². The fraction of sp³-hybridized carbons (Fsp3) is 0.900. The van der Waals surface area contributed by atoms with Crippen molar-refractivity contribution in [2.75, 3.05) is 0 Å². The molecular weight excluding hydrogens is 150 g/mol. The van der Waals surface area contributed by atoms with Crippen molar-refractivity contribution in [2.24, 2.45) is 21.9 Å². The molecule has 0 heterocycles. The second kappa shape index (κ2) is 2.04. The van der Waals surface area contributed by atoms with Gasteiger partial charge in [-0.15, -0.1) is 0 Å². The topological polar surface area (TPSA) is 32.6 Å². The first-order chi connectivity index (χ1) is 5.52. The molecule has 0 aromatic rings. The van der Waals surface area contributed by atoms with Gasteiger partial charge in [0.15, 0.2) is 0 Å². The molecule has 0 amide bonds. The van der Waals surface area contributed by atoms with Crippen LogP contribution in [0.15, 0.2) is 5.16 Å². The van der Waals surface area contributed by atoms with Gasteiger partial charge >= 0.3 is 0 Å². The average Bonchev–Trinajstić information content (AvgIpc) is 2.34. The van der Waals surface area contributed by atoms with Crippen LogP contribution in [0.4, 0.5) is 0 Å². The van der Waals surface area contributed by atoms with Crippen LogP contribution in [-0.4, -0.2) is 10.9 Å². The van der Waals surface area contributed by atoms with Crippen LogP contribution in [0.2, 0.25) is 0 Å². The fourth-order valence-corrected chi connectivity index (χ4v) is 3.08. The minimum Gasteiger partial charge on any atom is -0.411 e. The van der Waals surface area contributed by atoms with Crippen LogP contribution in [0, 0.1) is 16.7 Å². The largest absolute Gasteiger partial charge is 0.411 e. The van der Waals surface area contributed by atoms with E-state index in [1.807, 2.05) is 0 Å². The molecule has 0 saturated heterocycles. The summed E-state index contributed by atoms with van der Waals surface area (Å²) in [6.07, 6.45) is 3.52. The molecule has 2 bridgehead atoms. The van der Waals surface area contributed by atoms with E-state index in [0.29, 0.717) is 5.41 Å². The fourth-order valence-electron chi connectivity index (χ4n) is 3.08. The molecule has 68 valence electrons. The summed E-state index contributed by atoms with van der Waals surface area (Å²) in [5, 5.41) is 12.3. The number of hydrogen-bond acceptors (Lipinski definition) is 2. The molecule has 2 saturated carbocycles. The number of hydrogen-bond donors (Lipinski definition) is 1. The molecule has 2 nitrogen and oxygen atoms in total. The summed E-state index contributed by atoms with van der Waals surface area (Å²) >= 11 is 0. The lowest BCUT2D eigenvalue weighted by Gasteiger charge is -2.33. The highest BCUT2D eigenvalue weighted by Gasteiger charge is 2.60. The number of rotatable bonds is 0. The molecule has 2 atom stereocenters. The predicted molar refractivity (Wildman–Crippen MR) is 48.5 cm³/mol. The van der Waals surface area contributed by atoms with Crippen molar-refractivity contribution in [3.63, 3.8) is 0 Å². The molecule has 2 aliphatic rings. The maximum atomic E-state index is 8.87. The van der Waals surface area contributed by atoms with Crippen LogP contribution in [0.1, 0.15) is 40.0 Å². The average molecular weight is 167 g/mol. The highest BCUT2D eigenvalue weighted by atomic mass is 16.4. The normalized spacial score (nSPS) is 47.2. The first-order valence-corrected chi connectivity index (χ1v) is 4.74. The minimum atomic E-state index is 0.173. The zero-order chi connectivity index (χ0) is 8.98. The quantitative estimate of drug-likeness (QED) is 0.436. The molecule has 2 fully saturated rings. The summed E-state index contributed by atoms with van der Waals surface area (Å²) in [5.74, 6) is 0.744. The Hall–Kier alpha value is -0.530. The number of fused-ring (bicyclic) bond motifs is 2. The van der Waals surface area contributed by atoms with Crippen LogP contribution in [0.25, 0.3) is 0 Å². The lowest BCUT2D eigenvalue weighted by Crippen LogP contribution is -2.32. The van der Waals surface area contributed by atoms with E-state index in [2.05, 4.69) is 25.9 Å². The summed E-state index contributed by atoms with van der Waals surface area (Å²) in [6, 6.07) is 0. The number of nitrogens with zero attached hydrogens (tertiary/aromatic N) is 1. The van der Waals surface area contributed by atoms with Crippen LogP contribution in [0.3, 0.4) is 0 Å². The third-order valence-corrected chi connectivity index (χ3v) is 4.63. The smallest absolute Gasteiger partial charge is 0.0638 e. The molecule has 0 aliphatic heterocycles. The summed E-state index contributed by atoms with van der Waals surface area (Å²) in [6.45, 7) is 6.86. The Morgan fingerprint density at radius 1 is 1.42 bits per heavy atom. The van der Waals surface area contributed by atoms with Gasteiger partial charge in [0.2, 0.25) is 0 Å². The van der Waals surface area contributed by atoms with E-state index in [1.54, 1.807) is 0 Å². The first kappa shape index (κ1) is 8.09. The molecule has 0 aromatic carbocycles. The van der Waals surface area contributed by atoms with Crippen LogP contribution in [-0.2, 0) is 0 Å². The molecule has 0 radical (unpaired) electrons. The van der Waals surface area contributed by atoms with Gasteiger partial charge in [-0.2, -0.15) is 0 Å². The summed E-state index contributed by atoms with van der Waals surface area (Å²) in [4.78, 5) is 0. The van der Waals surface area contributed by atoms with Gasteiger partial charge in [0.05, 0.1) is 5.71 Å². The standard InChI is InChI=1S/C10H17NO/c1-9(2)7-4-5-10(9,3)8(6-7)11-12/h7,12H,4-6H2,1-3H3/b11-8+/t7?,10-/m1/s1. The Balaban J connectivity index is 2.46. The lowest BCUT2D eigenvalue weighted by molar-refractivity contribution is 0.190. The van der Waals surface area contributed by atoms with Gasteiger partial charge in [0.1, 0.15) is 0 Å². The van der Waals surface area contributed by atoms with Crippen molar-refractivity contribution in [3.8, 4) is 0 Å². The lowest BCUT2D eigenvalue weighted by atomic mass is 9.70. The molecule has 1 unspecified atom stereocenters. The van der Waals surface area contributed by atoms with E-state index in [4.69, 9.17) is 5.21 Å². The summed E-state index contributed by atoms with van der Waals surface area (Å²) in [7, 11) is 0. The van der Waals surface area contributed by atoms with Gasteiger partial charge in [-0.3, -0.25) is 0 Å². The van der Waals surface area contributed by atoms with E-state index in [-0.39, 0.29) is 5.41 Å². The molecule has 2 aliphatic carbocycles. The molecule has 1 N–H and O–H groups in total. The van der Waals surface area contributed by atoms with E-state index in [0.717, 1.165) is 18.1 Å². The van der Waals surface area contributed by atoms with E-state index in [9.17, 15) is 0 Å². The summed E-state index contributed by atoms with van der Waals surface area (Å²) in [5.41, 5.74) is 1.55. The predicted octanol–water partition coefficient (Wildman–Crippen LogP) is 2.66. The zero-order valence-corrected chi connectivity index (χ0v) is 8.09. The molecular formula is C10H17NO. The monoisotopic (exact) mass is 167 g/mol. The highest BCUT2D eigenvalue weighted by Crippen LogP contribution is 2.63. The maximum Gasteiger partial charge on any atom is 0.0638 e. The van der Waals surface area contributed by atoms with Crippen molar-refractivity contribution < 1.29 is 5.21 Å². The second-order valence-corrected chi connectivity index (χ2v) is 5.04. The van der Waals surface area contributed by atoms with Crippen molar-refractivity contribution in [1.29, 1.82) is 0 Å². The van der Waals surface area contributed by atoms with Gasteiger partial charge < -0.3 is 5.21 Å². The molecule has 0 spiro atoms. The highest BCUT2D eigenvalue weighted by molar-refractivity contribution is 5.93. The maximum absolute atomic E-state index is 8.87. The molecule has 2 heteroatoms. The second-order valence-electron chi connectivity index (χ2n) is 5.04. The van der Waals surface area contributed by atoms with E-state index < -0.39 is 0 Å². The third-order valence-electron chi connectivity index (χ3n) is 4.63. The Kier molecular flexibility index (Phi) is 1.37. The Bertz CT molecular complexity index is 244. The molecule has 2 rings (SSSR count). The minimum absolute atomic E-state index is 0.173. The van der Waals surface area contributed by atoms with Crippen LogP contribution >= 0.6 is 0 Å².